The molecular weight excluding hydrogens is 329 g/mol. The zero-order chi connectivity index (χ0) is 18.2. The van der Waals surface area contributed by atoms with Crippen molar-refractivity contribution in [3.63, 3.8) is 0 Å². The summed E-state index contributed by atoms with van der Waals surface area (Å²) in [4.78, 5) is 16.4. The highest BCUT2D eigenvalue weighted by Gasteiger charge is 2.20. The van der Waals surface area contributed by atoms with E-state index >= 15 is 0 Å². The van der Waals surface area contributed by atoms with Crippen molar-refractivity contribution in [2.24, 2.45) is 0 Å². The molecule has 0 unspecified atom stereocenters. The van der Waals surface area contributed by atoms with Crippen LogP contribution in [0, 0.1) is 5.82 Å². The SMILES string of the molecule is O=C(NCc1ccccc1F)N1CCN(C/C=C/c2ccccc2)CC1. The Morgan fingerprint density at radius 3 is 2.42 bits per heavy atom. The molecule has 2 aromatic carbocycles. The van der Waals surface area contributed by atoms with Gasteiger partial charge >= 0.3 is 6.03 Å². The van der Waals surface area contributed by atoms with Crippen LogP contribution in [0.3, 0.4) is 0 Å². The van der Waals surface area contributed by atoms with Crippen LogP contribution in [0.5, 0.6) is 0 Å². The minimum absolute atomic E-state index is 0.132. The molecule has 1 aliphatic heterocycles. The highest BCUT2D eigenvalue weighted by molar-refractivity contribution is 5.74. The lowest BCUT2D eigenvalue weighted by Crippen LogP contribution is -2.51. The summed E-state index contributed by atoms with van der Waals surface area (Å²) in [7, 11) is 0. The van der Waals surface area contributed by atoms with Crippen LogP contribution >= 0.6 is 0 Å². The van der Waals surface area contributed by atoms with Crippen molar-refractivity contribution in [3.8, 4) is 0 Å². The smallest absolute Gasteiger partial charge is 0.317 e. The van der Waals surface area contributed by atoms with E-state index in [-0.39, 0.29) is 18.4 Å². The third-order valence-electron chi connectivity index (χ3n) is 4.52. The minimum atomic E-state index is -0.289. The summed E-state index contributed by atoms with van der Waals surface area (Å²) in [6.45, 7) is 4.13. The number of piperazine rings is 1. The van der Waals surface area contributed by atoms with E-state index < -0.39 is 0 Å². The van der Waals surface area contributed by atoms with Crippen LogP contribution in [0.15, 0.2) is 60.7 Å². The first-order valence-corrected chi connectivity index (χ1v) is 8.92. The summed E-state index contributed by atoms with van der Waals surface area (Å²) in [5, 5.41) is 2.80. The molecule has 0 saturated carbocycles. The van der Waals surface area contributed by atoms with E-state index in [1.54, 1.807) is 23.1 Å². The van der Waals surface area contributed by atoms with Crippen molar-refractivity contribution < 1.29 is 9.18 Å². The lowest BCUT2D eigenvalue weighted by molar-refractivity contribution is 0.146. The molecule has 0 spiro atoms. The zero-order valence-corrected chi connectivity index (χ0v) is 14.8. The molecule has 0 bridgehead atoms. The minimum Gasteiger partial charge on any atom is -0.334 e. The zero-order valence-electron chi connectivity index (χ0n) is 14.8. The molecule has 4 nitrogen and oxygen atoms in total. The fraction of sp³-hybridized carbons (Fsp3) is 0.286. The van der Waals surface area contributed by atoms with Crippen LogP contribution in [-0.2, 0) is 6.54 Å². The number of amides is 2. The summed E-state index contributed by atoms with van der Waals surface area (Å²) < 4.78 is 13.6. The van der Waals surface area contributed by atoms with Gasteiger partial charge in [-0.15, -0.1) is 0 Å². The van der Waals surface area contributed by atoms with E-state index in [1.807, 2.05) is 18.2 Å². The Hall–Kier alpha value is -2.66. The molecule has 1 N–H and O–H groups in total. The molecule has 1 fully saturated rings. The Morgan fingerprint density at radius 2 is 1.69 bits per heavy atom. The summed E-state index contributed by atoms with van der Waals surface area (Å²) in [6.07, 6.45) is 4.27. The molecule has 26 heavy (non-hydrogen) atoms. The Bertz CT molecular complexity index is 740. The van der Waals surface area contributed by atoms with E-state index in [0.29, 0.717) is 18.7 Å². The molecule has 2 amide bonds. The van der Waals surface area contributed by atoms with Crippen molar-refractivity contribution in [1.29, 1.82) is 0 Å². The molecular formula is C21H24FN3O. The largest absolute Gasteiger partial charge is 0.334 e. The Kier molecular flexibility index (Phi) is 6.39. The van der Waals surface area contributed by atoms with Crippen molar-refractivity contribution in [2.45, 2.75) is 6.54 Å². The van der Waals surface area contributed by atoms with Crippen molar-refractivity contribution in [1.82, 2.24) is 15.1 Å². The molecule has 0 aliphatic carbocycles. The van der Waals surface area contributed by atoms with Gasteiger partial charge in [0.2, 0.25) is 0 Å². The quantitative estimate of drug-likeness (QED) is 0.895. The predicted molar refractivity (Wildman–Crippen MR) is 102 cm³/mol. The fourth-order valence-electron chi connectivity index (χ4n) is 2.96. The van der Waals surface area contributed by atoms with Crippen LogP contribution in [0.2, 0.25) is 0 Å². The van der Waals surface area contributed by atoms with Crippen LogP contribution in [0.1, 0.15) is 11.1 Å². The molecule has 1 aliphatic rings. The number of carbonyl (C=O) groups excluding carboxylic acids is 1. The summed E-state index contributed by atoms with van der Waals surface area (Å²) >= 11 is 0. The van der Waals surface area contributed by atoms with Crippen molar-refractivity contribution >= 4 is 12.1 Å². The summed E-state index contributed by atoms with van der Waals surface area (Å²) in [5.74, 6) is -0.289. The van der Waals surface area contributed by atoms with Gasteiger partial charge in [-0.3, -0.25) is 4.90 Å². The lowest BCUT2D eigenvalue weighted by Gasteiger charge is -2.34. The molecule has 5 heteroatoms. The number of benzene rings is 2. The molecule has 3 rings (SSSR count). The first-order valence-electron chi connectivity index (χ1n) is 8.92. The Labute approximate surface area is 153 Å². The number of rotatable bonds is 5. The lowest BCUT2D eigenvalue weighted by atomic mass is 10.2. The van der Waals surface area contributed by atoms with E-state index in [1.165, 1.54) is 11.6 Å². The third kappa shape index (κ3) is 5.17. The number of nitrogens with zero attached hydrogens (tertiary/aromatic N) is 2. The van der Waals surface area contributed by atoms with Crippen LogP contribution in [0.4, 0.5) is 9.18 Å². The molecule has 1 saturated heterocycles. The first kappa shape index (κ1) is 18.1. The number of halogens is 1. The van der Waals surface area contributed by atoms with Crippen LogP contribution in [-0.4, -0.2) is 48.6 Å². The molecule has 0 radical (unpaired) electrons. The van der Waals surface area contributed by atoms with Gasteiger partial charge in [0.15, 0.2) is 0 Å². The Morgan fingerprint density at radius 1 is 1.00 bits per heavy atom. The molecule has 136 valence electrons. The summed E-state index contributed by atoms with van der Waals surface area (Å²) in [5.41, 5.74) is 1.70. The van der Waals surface area contributed by atoms with Gasteiger partial charge in [-0.05, 0) is 11.6 Å². The monoisotopic (exact) mass is 353 g/mol. The van der Waals surface area contributed by atoms with Gasteiger partial charge in [0.1, 0.15) is 5.82 Å². The predicted octanol–water partition coefficient (Wildman–Crippen LogP) is 3.37. The topological polar surface area (TPSA) is 35.6 Å². The van der Waals surface area contributed by atoms with Gasteiger partial charge < -0.3 is 10.2 Å². The standard InChI is InChI=1S/C21H24FN3O/c22-20-11-5-4-10-19(20)17-23-21(26)25-15-13-24(14-16-25)12-6-9-18-7-2-1-3-8-18/h1-11H,12-17H2,(H,23,26)/b9-6+. The molecule has 2 aromatic rings. The van der Waals surface area contributed by atoms with Gasteiger partial charge in [0.05, 0.1) is 0 Å². The van der Waals surface area contributed by atoms with E-state index in [0.717, 1.165) is 19.6 Å². The molecule has 0 atom stereocenters. The number of nitrogens with one attached hydrogen (secondary N) is 1. The second kappa shape index (κ2) is 9.15. The van der Waals surface area contributed by atoms with Gasteiger partial charge in [-0.1, -0.05) is 60.7 Å². The van der Waals surface area contributed by atoms with Gasteiger partial charge in [-0.25, -0.2) is 9.18 Å². The fourth-order valence-corrected chi connectivity index (χ4v) is 2.96. The highest BCUT2D eigenvalue weighted by atomic mass is 19.1. The van der Waals surface area contributed by atoms with E-state index in [9.17, 15) is 9.18 Å². The second-order valence-corrected chi connectivity index (χ2v) is 6.35. The number of hydrogen-bond donors (Lipinski definition) is 1. The van der Waals surface area contributed by atoms with Gasteiger partial charge in [0.25, 0.3) is 0 Å². The maximum atomic E-state index is 13.6. The second-order valence-electron chi connectivity index (χ2n) is 6.35. The summed E-state index contributed by atoms with van der Waals surface area (Å²) in [6, 6.07) is 16.6. The average molecular weight is 353 g/mol. The Balaban J connectivity index is 1.39. The maximum absolute atomic E-state index is 13.6. The first-order chi connectivity index (χ1) is 12.7. The van der Waals surface area contributed by atoms with Crippen molar-refractivity contribution in [3.05, 3.63) is 77.6 Å². The molecule has 0 aromatic heterocycles. The third-order valence-corrected chi connectivity index (χ3v) is 4.52. The number of hydrogen-bond acceptors (Lipinski definition) is 2. The molecule has 1 heterocycles. The number of urea groups is 1. The van der Waals surface area contributed by atoms with E-state index in [4.69, 9.17) is 0 Å². The van der Waals surface area contributed by atoms with Gasteiger partial charge in [0, 0.05) is 44.8 Å². The van der Waals surface area contributed by atoms with Crippen LogP contribution in [0.25, 0.3) is 6.08 Å². The maximum Gasteiger partial charge on any atom is 0.317 e. The average Bonchev–Trinajstić information content (AvgIpc) is 2.68. The van der Waals surface area contributed by atoms with Crippen molar-refractivity contribution in [2.75, 3.05) is 32.7 Å². The van der Waals surface area contributed by atoms with E-state index in [2.05, 4.69) is 34.5 Å². The van der Waals surface area contributed by atoms with Crippen LogP contribution < -0.4 is 5.32 Å². The normalized spacial score (nSPS) is 15.3. The highest BCUT2D eigenvalue weighted by Crippen LogP contribution is 2.07. The van der Waals surface area contributed by atoms with Gasteiger partial charge in [-0.2, -0.15) is 0 Å². The number of carbonyl (C=O) groups is 1.